The lowest BCUT2D eigenvalue weighted by Crippen LogP contribution is -1.72. The van der Waals surface area contributed by atoms with Crippen molar-refractivity contribution in [3.63, 3.8) is 0 Å². The zero-order valence-corrected chi connectivity index (χ0v) is 11.7. The van der Waals surface area contributed by atoms with Crippen molar-refractivity contribution in [2.45, 2.75) is 0 Å². The predicted octanol–water partition coefficient (Wildman–Crippen LogP) is 5.24. The van der Waals surface area contributed by atoms with E-state index in [1.165, 1.54) is 17.4 Å². The second kappa shape index (κ2) is 4.30. The number of halogens is 2. The van der Waals surface area contributed by atoms with Crippen molar-refractivity contribution in [2.75, 3.05) is 0 Å². The first kappa shape index (κ1) is 11.9. The van der Waals surface area contributed by atoms with Crippen LogP contribution in [0.4, 0.5) is 4.39 Å². The molecular weight excluding hydrogens is 295 g/mol. The van der Waals surface area contributed by atoms with Gasteiger partial charge in [0.2, 0.25) is 0 Å². The number of thiophene rings is 1. The number of imidazole rings is 1. The second-order valence-corrected chi connectivity index (χ2v) is 6.06. The number of hydrogen-bond acceptors (Lipinski definition) is 2. The molecule has 0 fully saturated rings. The molecule has 0 bridgehead atoms. The summed E-state index contributed by atoms with van der Waals surface area (Å²) in [6.45, 7) is 0. The standard InChI is InChI=1S/C15H8ClFN2S/c16-9-2-4-11-12(6-9)19-15(18-11)14-5-8-1-3-10(17)7-13(8)20-14/h1-7H,(H,18,19). The highest BCUT2D eigenvalue weighted by atomic mass is 35.5. The molecule has 2 nitrogen and oxygen atoms in total. The van der Waals surface area contributed by atoms with Gasteiger partial charge < -0.3 is 4.98 Å². The van der Waals surface area contributed by atoms with Gasteiger partial charge in [0.1, 0.15) is 11.6 Å². The van der Waals surface area contributed by atoms with Crippen LogP contribution in [0.25, 0.3) is 31.8 Å². The third-order valence-corrected chi connectivity index (χ3v) is 4.50. The van der Waals surface area contributed by atoms with Gasteiger partial charge in [-0.2, -0.15) is 0 Å². The zero-order chi connectivity index (χ0) is 13.7. The van der Waals surface area contributed by atoms with Gasteiger partial charge in [0.25, 0.3) is 0 Å². The molecule has 0 saturated carbocycles. The van der Waals surface area contributed by atoms with Gasteiger partial charge in [-0.05, 0) is 41.8 Å². The van der Waals surface area contributed by atoms with E-state index in [0.717, 1.165) is 31.8 Å². The highest BCUT2D eigenvalue weighted by Gasteiger charge is 2.09. The van der Waals surface area contributed by atoms with Gasteiger partial charge in [0.15, 0.2) is 0 Å². The molecule has 2 heterocycles. The number of nitrogens with one attached hydrogen (secondary N) is 1. The fourth-order valence-electron chi connectivity index (χ4n) is 2.22. The lowest BCUT2D eigenvalue weighted by Gasteiger charge is -1.88. The number of hydrogen-bond donors (Lipinski definition) is 1. The van der Waals surface area contributed by atoms with E-state index in [4.69, 9.17) is 11.6 Å². The van der Waals surface area contributed by atoms with Crippen LogP contribution >= 0.6 is 22.9 Å². The summed E-state index contributed by atoms with van der Waals surface area (Å²) < 4.78 is 14.1. The number of nitrogens with zero attached hydrogens (tertiary/aromatic N) is 1. The molecule has 4 aromatic rings. The maximum Gasteiger partial charge on any atom is 0.148 e. The monoisotopic (exact) mass is 302 g/mol. The SMILES string of the molecule is Fc1ccc2cc(-c3nc4ccc(Cl)cc4[nH]3)sc2c1. The van der Waals surface area contributed by atoms with Crippen molar-refractivity contribution in [3.8, 4) is 10.7 Å². The highest BCUT2D eigenvalue weighted by Crippen LogP contribution is 2.33. The third-order valence-electron chi connectivity index (χ3n) is 3.16. The number of aromatic amines is 1. The van der Waals surface area contributed by atoms with E-state index in [1.54, 1.807) is 12.1 Å². The van der Waals surface area contributed by atoms with Gasteiger partial charge >= 0.3 is 0 Å². The highest BCUT2D eigenvalue weighted by molar-refractivity contribution is 7.22. The predicted molar refractivity (Wildman–Crippen MR) is 81.9 cm³/mol. The van der Waals surface area contributed by atoms with E-state index in [9.17, 15) is 4.39 Å². The molecule has 0 atom stereocenters. The van der Waals surface area contributed by atoms with Crippen LogP contribution in [0.1, 0.15) is 0 Å². The number of H-pyrrole nitrogens is 1. The Hall–Kier alpha value is -1.91. The fraction of sp³-hybridized carbons (Fsp3) is 0. The van der Waals surface area contributed by atoms with Gasteiger partial charge in [0.05, 0.1) is 15.9 Å². The Kier molecular flexibility index (Phi) is 2.55. The summed E-state index contributed by atoms with van der Waals surface area (Å²) >= 11 is 7.49. The van der Waals surface area contributed by atoms with Crippen LogP contribution < -0.4 is 0 Å². The van der Waals surface area contributed by atoms with Crippen LogP contribution in [0.2, 0.25) is 5.02 Å². The van der Waals surface area contributed by atoms with E-state index < -0.39 is 0 Å². The summed E-state index contributed by atoms with van der Waals surface area (Å²) in [7, 11) is 0. The average Bonchev–Trinajstić information content (AvgIpc) is 3.00. The molecule has 0 saturated heterocycles. The van der Waals surface area contributed by atoms with Crippen molar-refractivity contribution in [3.05, 3.63) is 53.3 Å². The van der Waals surface area contributed by atoms with Crippen LogP contribution in [0.5, 0.6) is 0 Å². The van der Waals surface area contributed by atoms with Gasteiger partial charge in [0, 0.05) is 9.72 Å². The fourth-order valence-corrected chi connectivity index (χ4v) is 3.42. The summed E-state index contributed by atoms with van der Waals surface area (Å²) in [6.07, 6.45) is 0. The Balaban J connectivity index is 1.91. The minimum atomic E-state index is -0.220. The topological polar surface area (TPSA) is 28.7 Å². The number of benzene rings is 2. The Morgan fingerprint density at radius 1 is 1.10 bits per heavy atom. The first-order chi connectivity index (χ1) is 9.69. The molecular formula is C15H8ClFN2S. The van der Waals surface area contributed by atoms with E-state index in [1.807, 2.05) is 24.3 Å². The Bertz CT molecular complexity index is 864. The maximum absolute atomic E-state index is 13.2. The average molecular weight is 303 g/mol. The minimum absolute atomic E-state index is 0.220. The minimum Gasteiger partial charge on any atom is -0.337 e. The smallest absolute Gasteiger partial charge is 0.148 e. The summed E-state index contributed by atoms with van der Waals surface area (Å²) in [5.74, 6) is 0.561. The molecule has 5 heteroatoms. The van der Waals surface area contributed by atoms with Crippen LogP contribution in [-0.4, -0.2) is 9.97 Å². The van der Waals surface area contributed by atoms with Gasteiger partial charge in [-0.15, -0.1) is 11.3 Å². The Morgan fingerprint density at radius 3 is 2.90 bits per heavy atom. The maximum atomic E-state index is 13.2. The first-order valence-corrected chi connectivity index (χ1v) is 7.23. The summed E-state index contributed by atoms with van der Waals surface area (Å²) in [5.41, 5.74) is 1.77. The first-order valence-electron chi connectivity index (χ1n) is 6.04. The van der Waals surface area contributed by atoms with Crippen molar-refractivity contribution >= 4 is 44.1 Å². The molecule has 2 aromatic carbocycles. The van der Waals surface area contributed by atoms with Crippen LogP contribution in [0.3, 0.4) is 0 Å². The Labute approximate surface area is 122 Å². The van der Waals surface area contributed by atoms with Crippen LogP contribution in [0, 0.1) is 5.82 Å². The second-order valence-electron chi connectivity index (χ2n) is 4.54. The quantitative estimate of drug-likeness (QED) is 0.512. The molecule has 4 rings (SSSR count). The summed E-state index contributed by atoms with van der Waals surface area (Å²) in [6, 6.07) is 12.4. The largest absolute Gasteiger partial charge is 0.337 e. The third kappa shape index (κ3) is 1.88. The van der Waals surface area contributed by atoms with Gasteiger partial charge in [-0.25, -0.2) is 9.37 Å². The van der Waals surface area contributed by atoms with Crippen molar-refractivity contribution in [2.24, 2.45) is 0 Å². The van der Waals surface area contributed by atoms with Crippen molar-refractivity contribution in [1.29, 1.82) is 0 Å². The molecule has 98 valence electrons. The van der Waals surface area contributed by atoms with Crippen molar-refractivity contribution in [1.82, 2.24) is 9.97 Å². The van der Waals surface area contributed by atoms with E-state index in [2.05, 4.69) is 9.97 Å². The number of fused-ring (bicyclic) bond motifs is 2. The molecule has 0 aliphatic heterocycles. The molecule has 0 amide bonds. The molecule has 0 aliphatic rings. The number of rotatable bonds is 1. The van der Waals surface area contributed by atoms with E-state index in [-0.39, 0.29) is 5.82 Å². The van der Waals surface area contributed by atoms with Crippen LogP contribution in [-0.2, 0) is 0 Å². The molecule has 0 aliphatic carbocycles. The summed E-state index contributed by atoms with van der Waals surface area (Å²) in [4.78, 5) is 8.78. The molecule has 0 radical (unpaired) electrons. The Morgan fingerprint density at radius 2 is 2.00 bits per heavy atom. The van der Waals surface area contributed by atoms with Gasteiger partial charge in [-0.1, -0.05) is 17.7 Å². The van der Waals surface area contributed by atoms with Crippen LogP contribution in [0.15, 0.2) is 42.5 Å². The molecule has 1 N–H and O–H groups in total. The molecule has 20 heavy (non-hydrogen) atoms. The lowest BCUT2D eigenvalue weighted by molar-refractivity contribution is 0.630. The molecule has 2 aromatic heterocycles. The molecule has 0 spiro atoms. The normalized spacial score (nSPS) is 11.5. The lowest BCUT2D eigenvalue weighted by atomic mass is 10.2. The van der Waals surface area contributed by atoms with E-state index >= 15 is 0 Å². The van der Waals surface area contributed by atoms with E-state index in [0.29, 0.717) is 5.02 Å². The van der Waals surface area contributed by atoms with Crippen molar-refractivity contribution < 1.29 is 4.39 Å². The summed E-state index contributed by atoms with van der Waals surface area (Å²) in [5, 5.41) is 1.69. The number of aromatic nitrogens is 2. The van der Waals surface area contributed by atoms with Gasteiger partial charge in [-0.3, -0.25) is 0 Å². The zero-order valence-electron chi connectivity index (χ0n) is 10.2. The molecule has 0 unspecified atom stereocenters.